The van der Waals surface area contributed by atoms with E-state index in [1.165, 1.54) is 27.4 Å². The number of benzene rings is 2. The van der Waals surface area contributed by atoms with Gasteiger partial charge in [-0.15, -0.1) is 0 Å². The van der Waals surface area contributed by atoms with E-state index in [0.717, 1.165) is 18.3 Å². The van der Waals surface area contributed by atoms with E-state index < -0.39 is 22.9 Å². The molecule has 32 heavy (non-hydrogen) atoms. The number of rotatable bonds is 9. The van der Waals surface area contributed by atoms with Crippen molar-refractivity contribution in [2.45, 2.75) is 0 Å². The Morgan fingerprint density at radius 3 is 2.25 bits per heavy atom. The smallest absolute Gasteiger partial charge is 0.259 e. The molecule has 1 atom stereocenters. The maximum Gasteiger partial charge on any atom is 0.259 e. The van der Waals surface area contributed by atoms with Gasteiger partial charge < -0.3 is 24.8 Å². The summed E-state index contributed by atoms with van der Waals surface area (Å²) in [6.07, 6.45) is 0.909. The van der Waals surface area contributed by atoms with Crippen LogP contribution >= 0.6 is 0 Å². The predicted molar refractivity (Wildman–Crippen MR) is 115 cm³/mol. The van der Waals surface area contributed by atoms with Gasteiger partial charge in [0.1, 0.15) is 5.82 Å². The summed E-state index contributed by atoms with van der Waals surface area (Å²) in [6.45, 7) is 0. The highest BCUT2D eigenvalue weighted by Gasteiger charge is 2.15. The van der Waals surface area contributed by atoms with Crippen LogP contribution in [0, 0.1) is 11.6 Å². The van der Waals surface area contributed by atoms with Crippen molar-refractivity contribution in [3.8, 4) is 17.2 Å². The first-order valence-corrected chi connectivity index (χ1v) is 9.99. The number of aromatic nitrogens is 2. The van der Waals surface area contributed by atoms with Crippen LogP contribution < -0.4 is 29.6 Å². The van der Waals surface area contributed by atoms with Gasteiger partial charge in [-0.2, -0.15) is 4.98 Å². The average molecular weight is 467 g/mol. The highest BCUT2D eigenvalue weighted by Crippen LogP contribution is 2.40. The molecule has 0 aliphatic heterocycles. The summed E-state index contributed by atoms with van der Waals surface area (Å²) in [5, 5.41) is 5.49. The van der Waals surface area contributed by atoms with Crippen molar-refractivity contribution in [2.75, 3.05) is 36.7 Å². The lowest BCUT2D eigenvalue weighted by Gasteiger charge is -2.15. The van der Waals surface area contributed by atoms with Crippen LogP contribution in [0.4, 0.5) is 37.6 Å². The van der Waals surface area contributed by atoms with Crippen molar-refractivity contribution in [1.29, 1.82) is 0 Å². The molecule has 0 saturated heterocycles. The molecule has 170 valence electrons. The van der Waals surface area contributed by atoms with E-state index in [9.17, 15) is 13.0 Å². The average Bonchev–Trinajstić information content (AvgIpc) is 2.76. The second kappa shape index (κ2) is 10.1. The number of nitrogens with one attached hydrogen (secondary N) is 3. The van der Waals surface area contributed by atoms with E-state index in [1.807, 2.05) is 0 Å². The van der Waals surface area contributed by atoms with Gasteiger partial charge in [0.2, 0.25) is 11.7 Å². The predicted octanol–water partition coefficient (Wildman–Crippen LogP) is 3.82. The highest BCUT2D eigenvalue weighted by molar-refractivity contribution is 7.80. The van der Waals surface area contributed by atoms with Crippen LogP contribution in [0.25, 0.3) is 0 Å². The molecule has 0 aliphatic carbocycles. The Morgan fingerprint density at radius 2 is 1.66 bits per heavy atom. The second-order valence-corrected chi connectivity index (χ2v) is 6.80. The maximum atomic E-state index is 14.3. The molecule has 0 fully saturated rings. The summed E-state index contributed by atoms with van der Waals surface area (Å²) in [5.74, 6) is -0.639. The first kappa shape index (κ1) is 23.0. The quantitative estimate of drug-likeness (QED) is 0.347. The number of nitrogens with zero attached hydrogens (tertiary/aromatic N) is 2. The first-order valence-electron chi connectivity index (χ1n) is 8.88. The Morgan fingerprint density at radius 1 is 0.969 bits per heavy atom. The van der Waals surface area contributed by atoms with Crippen molar-refractivity contribution in [3.05, 3.63) is 48.2 Å². The van der Waals surface area contributed by atoms with Crippen LogP contribution in [0.5, 0.6) is 17.2 Å². The van der Waals surface area contributed by atoms with E-state index >= 15 is 0 Å². The summed E-state index contributed by atoms with van der Waals surface area (Å²) < 4.78 is 66.2. The lowest BCUT2D eigenvalue weighted by molar-refractivity contribution is 0.324. The normalized spacial score (nSPS) is 11.4. The molecule has 0 bridgehead atoms. The molecular weight excluding hydrogens is 448 g/mol. The number of ether oxygens (including phenoxy) is 3. The van der Waals surface area contributed by atoms with Crippen molar-refractivity contribution >= 4 is 40.1 Å². The van der Waals surface area contributed by atoms with Gasteiger partial charge in [0.25, 0.3) is 11.3 Å². The number of hydrogen-bond donors (Lipinski definition) is 4. The molecule has 4 N–H and O–H groups in total. The maximum absolute atomic E-state index is 14.3. The Bertz CT molecular complexity index is 1130. The molecular formula is C19H19F2N5O5S. The van der Waals surface area contributed by atoms with Crippen LogP contribution in [0.15, 0.2) is 36.5 Å². The van der Waals surface area contributed by atoms with E-state index in [1.54, 1.807) is 12.1 Å². The lowest BCUT2D eigenvalue weighted by Crippen LogP contribution is -2.08. The topological polar surface area (TPSA) is 127 Å². The molecule has 1 unspecified atom stereocenters. The third-order valence-electron chi connectivity index (χ3n) is 4.10. The van der Waals surface area contributed by atoms with Gasteiger partial charge in [0.15, 0.2) is 23.1 Å². The molecule has 1 aromatic heterocycles. The van der Waals surface area contributed by atoms with Crippen molar-refractivity contribution < 1.29 is 31.8 Å². The summed E-state index contributed by atoms with van der Waals surface area (Å²) >= 11 is -2.42. The van der Waals surface area contributed by atoms with Crippen molar-refractivity contribution in [1.82, 2.24) is 9.97 Å². The largest absolute Gasteiger partial charge is 0.493 e. The molecule has 10 nitrogen and oxygen atoms in total. The van der Waals surface area contributed by atoms with E-state index in [-0.39, 0.29) is 23.1 Å². The molecule has 13 heteroatoms. The van der Waals surface area contributed by atoms with Gasteiger partial charge in [-0.1, -0.05) is 0 Å². The molecule has 3 rings (SSSR count). The monoisotopic (exact) mass is 467 g/mol. The third-order valence-corrected chi connectivity index (χ3v) is 4.49. The van der Waals surface area contributed by atoms with E-state index in [2.05, 4.69) is 25.3 Å². The van der Waals surface area contributed by atoms with Crippen LogP contribution in [0.3, 0.4) is 0 Å². The minimum atomic E-state index is -2.42. The van der Waals surface area contributed by atoms with Gasteiger partial charge >= 0.3 is 0 Å². The SMILES string of the molecule is COc1cc(Nc2ncc(F)c(Nc3cc(F)ccc3NS(=O)O)n2)cc(OC)c1OC. The van der Waals surface area contributed by atoms with Crippen LogP contribution in [0.2, 0.25) is 0 Å². The third kappa shape index (κ3) is 5.31. The Labute approximate surface area is 184 Å². The number of hydrogen-bond acceptors (Lipinski definition) is 8. The molecule has 0 spiro atoms. The Balaban J connectivity index is 1.92. The van der Waals surface area contributed by atoms with E-state index in [0.29, 0.717) is 22.9 Å². The highest BCUT2D eigenvalue weighted by atomic mass is 32.2. The lowest BCUT2D eigenvalue weighted by atomic mass is 10.2. The fourth-order valence-corrected chi connectivity index (χ4v) is 3.09. The first-order chi connectivity index (χ1) is 15.3. The zero-order valence-electron chi connectivity index (χ0n) is 17.1. The van der Waals surface area contributed by atoms with Gasteiger partial charge in [0, 0.05) is 17.8 Å². The summed E-state index contributed by atoms with van der Waals surface area (Å²) in [4.78, 5) is 7.95. The fourth-order valence-electron chi connectivity index (χ4n) is 2.73. The molecule has 1 heterocycles. The standard InChI is InChI=1S/C19H19F2N5O5S/c1-29-15-7-11(8-16(30-2)17(15)31-3)23-19-22-9-12(21)18(25-19)24-14-6-10(20)4-5-13(14)26-32(27)28/h4-9,26H,1-3H3,(H,27,28)(H2,22,23,24,25). The zero-order chi connectivity index (χ0) is 23.3. The van der Waals surface area contributed by atoms with Gasteiger partial charge in [-0.05, 0) is 18.2 Å². The number of anilines is 5. The second-order valence-electron chi connectivity index (χ2n) is 6.10. The van der Waals surface area contributed by atoms with E-state index in [4.69, 9.17) is 18.8 Å². The fraction of sp³-hybridized carbons (Fsp3) is 0.158. The molecule has 3 aromatic rings. The summed E-state index contributed by atoms with van der Waals surface area (Å²) in [7, 11) is 4.39. The van der Waals surface area contributed by atoms with Crippen molar-refractivity contribution in [2.24, 2.45) is 0 Å². The summed E-state index contributed by atoms with van der Waals surface area (Å²) in [6, 6.07) is 6.52. The number of methoxy groups -OCH3 is 3. The number of halogens is 2. The summed E-state index contributed by atoms with van der Waals surface area (Å²) in [5.41, 5.74) is 0.508. The van der Waals surface area contributed by atoms with Crippen LogP contribution in [0.1, 0.15) is 0 Å². The Hall–Kier alpha value is -3.71. The Kier molecular flexibility index (Phi) is 7.22. The van der Waals surface area contributed by atoms with Gasteiger partial charge in [-0.25, -0.2) is 18.0 Å². The van der Waals surface area contributed by atoms with Gasteiger partial charge in [-0.3, -0.25) is 9.27 Å². The molecule has 2 aromatic carbocycles. The molecule has 0 radical (unpaired) electrons. The van der Waals surface area contributed by atoms with Gasteiger partial charge in [0.05, 0.1) is 38.9 Å². The van der Waals surface area contributed by atoms with Crippen LogP contribution in [-0.4, -0.2) is 40.1 Å². The molecule has 0 amide bonds. The zero-order valence-corrected chi connectivity index (χ0v) is 17.9. The minimum absolute atomic E-state index is 0.000167. The minimum Gasteiger partial charge on any atom is -0.493 e. The molecule has 0 aliphatic rings. The van der Waals surface area contributed by atoms with Crippen LogP contribution in [-0.2, 0) is 11.3 Å². The molecule has 0 saturated carbocycles. The van der Waals surface area contributed by atoms with Crippen molar-refractivity contribution in [3.63, 3.8) is 0 Å².